The molecule has 1 aromatic carbocycles. The van der Waals surface area contributed by atoms with Gasteiger partial charge >= 0.3 is 0 Å². The molecule has 3 aromatic rings. The standard InChI is InChI=1S/C25H28N4O2S/c1-2-30-19-12-10-18(11-13-19)28-15-5-9-22(28)24-23(21-8-3-4-14-26-21)27-25(32)29(24)17-20-7-6-16-31-20/h3-5,8-15,20,23-24H,2,6-7,16-17H2,1H3,(H,27,32)/t20-,23+,24+/m0/s1. The van der Waals surface area contributed by atoms with Gasteiger partial charge in [-0.3, -0.25) is 4.98 Å². The van der Waals surface area contributed by atoms with Crippen molar-refractivity contribution >= 4 is 17.3 Å². The molecule has 166 valence electrons. The first kappa shape index (κ1) is 21.0. The maximum absolute atomic E-state index is 5.96. The summed E-state index contributed by atoms with van der Waals surface area (Å²) in [5.74, 6) is 0.875. The Labute approximate surface area is 194 Å². The average molecular weight is 449 g/mol. The molecule has 2 saturated heterocycles. The van der Waals surface area contributed by atoms with E-state index in [0.29, 0.717) is 6.61 Å². The zero-order valence-electron chi connectivity index (χ0n) is 18.2. The van der Waals surface area contributed by atoms with E-state index >= 15 is 0 Å². The van der Waals surface area contributed by atoms with Gasteiger partial charge in [-0.15, -0.1) is 0 Å². The van der Waals surface area contributed by atoms with E-state index in [-0.39, 0.29) is 18.2 Å². The monoisotopic (exact) mass is 448 g/mol. The molecule has 0 radical (unpaired) electrons. The molecule has 7 heteroatoms. The van der Waals surface area contributed by atoms with E-state index in [1.807, 2.05) is 37.4 Å². The normalized spacial score (nSPS) is 22.8. The summed E-state index contributed by atoms with van der Waals surface area (Å²) in [5.41, 5.74) is 3.23. The van der Waals surface area contributed by atoms with Gasteiger partial charge < -0.3 is 24.3 Å². The van der Waals surface area contributed by atoms with Crippen LogP contribution in [0.1, 0.15) is 43.2 Å². The van der Waals surface area contributed by atoms with Crippen LogP contribution in [-0.2, 0) is 4.74 Å². The summed E-state index contributed by atoms with van der Waals surface area (Å²) < 4.78 is 13.8. The largest absolute Gasteiger partial charge is 0.494 e. The Hall–Kier alpha value is -2.90. The summed E-state index contributed by atoms with van der Waals surface area (Å²) in [5, 5.41) is 4.29. The highest BCUT2D eigenvalue weighted by molar-refractivity contribution is 7.80. The van der Waals surface area contributed by atoms with Gasteiger partial charge in [0.2, 0.25) is 0 Å². The quantitative estimate of drug-likeness (QED) is 0.540. The van der Waals surface area contributed by atoms with Crippen LogP contribution < -0.4 is 10.1 Å². The fourth-order valence-corrected chi connectivity index (χ4v) is 4.99. The maximum atomic E-state index is 5.96. The molecule has 32 heavy (non-hydrogen) atoms. The highest BCUT2D eigenvalue weighted by Crippen LogP contribution is 2.40. The van der Waals surface area contributed by atoms with E-state index in [4.69, 9.17) is 21.7 Å². The lowest BCUT2D eigenvalue weighted by atomic mass is 10.0. The highest BCUT2D eigenvalue weighted by atomic mass is 32.1. The predicted molar refractivity (Wildman–Crippen MR) is 128 cm³/mol. The van der Waals surface area contributed by atoms with E-state index in [2.05, 4.69) is 56.3 Å². The fraction of sp³-hybridized carbons (Fsp3) is 0.360. The Morgan fingerprint density at radius 1 is 1.16 bits per heavy atom. The average Bonchev–Trinajstić information content (AvgIpc) is 3.57. The zero-order chi connectivity index (χ0) is 21.9. The number of hydrogen-bond acceptors (Lipinski definition) is 4. The van der Waals surface area contributed by atoms with Gasteiger partial charge in [-0.05, 0) is 80.5 Å². The van der Waals surface area contributed by atoms with Gasteiger partial charge in [-0.2, -0.15) is 0 Å². The second kappa shape index (κ2) is 9.30. The number of ether oxygens (including phenoxy) is 2. The molecule has 0 saturated carbocycles. The van der Waals surface area contributed by atoms with Crippen molar-refractivity contribution in [2.24, 2.45) is 0 Å². The van der Waals surface area contributed by atoms with Gasteiger partial charge in [-0.25, -0.2) is 0 Å². The van der Waals surface area contributed by atoms with Gasteiger partial charge in [0.15, 0.2) is 5.11 Å². The van der Waals surface area contributed by atoms with Crippen LogP contribution in [0.3, 0.4) is 0 Å². The lowest BCUT2D eigenvalue weighted by Gasteiger charge is -2.30. The third kappa shape index (κ3) is 4.10. The molecule has 0 amide bonds. The summed E-state index contributed by atoms with van der Waals surface area (Å²) in [4.78, 5) is 6.93. The van der Waals surface area contributed by atoms with Crippen molar-refractivity contribution in [2.45, 2.75) is 38.0 Å². The maximum Gasteiger partial charge on any atom is 0.170 e. The number of rotatable bonds is 7. The number of aromatic nitrogens is 2. The Morgan fingerprint density at radius 3 is 2.75 bits per heavy atom. The predicted octanol–water partition coefficient (Wildman–Crippen LogP) is 4.42. The van der Waals surface area contributed by atoms with Crippen LogP contribution in [0, 0.1) is 0 Å². The number of hydrogen-bond donors (Lipinski definition) is 1. The van der Waals surface area contributed by atoms with Gasteiger partial charge in [0.1, 0.15) is 5.75 Å². The number of pyridine rings is 1. The molecule has 5 rings (SSSR count). The van der Waals surface area contributed by atoms with E-state index in [9.17, 15) is 0 Å². The van der Waals surface area contributed by atoms with Crippen molar-refractivity contribution in [1.29, 1.82) is 0 Å². The van der Waals surface area contributed by atoms with Crippen molar-refractivity contribution < 1.29 is 9.47 Å². The molecule has 0 spiro atoms. The van der Waals surface area contributed by atoms with Crippen molar-refractivity contribution in [2.75, 3.05) is 19.8 Å². The molecule has 4 heterocycles. The van der Waals surface area contributed by atoms with E-state index in [1.54, 1.807) is 0 Å². The third-order valence-corrected chi connectivity index (χ3v) is 6.48. The molecule has 2 aliphatic rings. The van der Waals surface area contributed by atoms with E-state index in [1.165, 1.54) is 0 Å². The molecule has 2 aliphatic heterocycles. The summed E-state index contributed by atoms with van der Waals surface area (Å²) in [6.07, 6.45) is 6.32. The van der Waals surface area contributed by atoms with E-state index < -0.39 is 0 Å². The second-order valence-corrected chi connectivity index (χ2v) is 8.53. The minimum atomic E-state index is -0.0403. The highest BCUT2D eigenvalue weighted by Gasteiger charge is 2.42. The minimum Gasteiger partial charge on any atom is -0.494 e. The van der Waals surface area contributed by atoms with Crippen molar-refractivity contribution in [3.63, 3.8) is 0 Å². The Morgan fingerprint density at radius 2 is 2.03 bits per heavy atom. The van der Waals surface area contributed by atoms with Crippen LogP contribution in [0.4, 0.5) is 0 Å². The van der Waals surface area contributed by atoms with Crippen LogP contribution in [0.5, 0.6) is 5.75 Å². The smallest absolute Gasteiger partial charge is 0.170 e. The summed E-state index contributed by atoms with van der Waals surface area (Å²) >= 11 is 5.81. The van der Waals surface area contributed by atoms with Gasteiger partial charge in [-0.1, -0.05) is 6.07 Å². The summed E-state index contributed by atoms with van der Waals surface area (Å²) in [6.45, 7) is 4.25. The first-order chi connectivity index (χ1) is 15.7. The van der Waals surface area contributed by atoms with Crippen LogP contribution in [-0.4, -0.2) is 45.4 Å². The van der Waals surface area contributed by atoms with Crippen LogP contribution in [0.15, 0.2) is 67.0 Å². The summed E-state index contributed by atoms with van der Waals surface area (Å²) in [6, 6.07) is 18.5. The number of nitrogens with one attached hydrogen (secondary N) is 1. The van der Waals surface area contributed by atoms with Crippen molar-refractivity contribution in [3.8, 4) is 11.4 Å². The SMILES string of the molecule is CCOc1ccc(-n2cccc2[C@@H]2[C@@H](c3ccccn3)NC(=S)N2C[C@@H]2CCCO2)cc1. The van der Waals surface area contributed by atoms with Crippen molar-refractivity contribution in [1.82, 2.24) is 19.8 Å². The summed E-state index contributed by atoms with van der Waals surface area (Å²) in [7, 11) is 0. The molecule has 2 aromatic heterocycles. The molecule has 0 bridgehead atoms. The fourth-order valence-electron chi connectivity index (χ4n) is 4.67. The number of benzene rings is 1. The first-order valence-electron chi connectivity index (χ1n) is 11.2. The van der Waals surface area contributed by atoms with Crippen LogP contribution in [0.25, 0.3) is 5.69 Å². The molecular weight excluding hydrogens is 420 g/mol. The molecule has 0 aliphatic carbocycles. The number of nitrogens with zero attached hydrogens (tertiary/aromatic N) is 3. The topological polar surface area (TPSA) is 51.5 Å². The van der Waals surface area contributed by atoms with Gasteiger partial charge in [0, 0.05) is 36.9 Å². The molecule has 6 nitrogen and oxygen atoms in total. The first-order valence-corrected chi connectivity index (χ1v) is 11.7. The minimum absolute atomic E-state index is 0.00293. The van der Waals surface area contributed by atoms with Gasteiger partial charge in [0.25, 0.3) is 0 Å². The van der Waals surface area contributed by atoms with Crippen LogP contribution in [0.2, 0.25) is 0 Å². The van der Waals surface area contributed by atoms with Crippen molar-refractivity contribution in [3.05, 3.63) is 78.4 Å². The lowest BCUT2D eigenvalue weighted by molar-refractivity contribution is 0.0836. The van der Waals surface area contributed by atoms with Gasteiger partial charge in [0.05, 0.1) is 30.5 Å². The van der Waals surface area contributed by atoms with E-state index in [0.717, 1.165) is 53.9 Å². The Bertz CT molecular complexity index is 1050. The molecule has 1 N–H and O–H groups in total. The molecule has 0 unspecified atom stereocenters. The lowest BCUT2D eigenvalue weighted by Crippen LogP contribution is -2.36. The Kier molecular flexibility index (Phi) is 6.10. The third-order valence-electron chi connectivity index (χ3n) is 6.13. The van der Waals surface area contributed by atoms with Crippen LogP contribution >= 0.6 is 12.2 Å². The number of thiocarbonyl (C=S) groups is 1. The molecular formula is C25H28N4O2S. The molecule has 2 fully saturated rings. The zero-order valence-corrected chi connectivity index (χ0v) is 19.0. The molecule has 3 atom stereocenters. The second-order valence-electron chi connectivity index (χ2n) is 8.14. The Balaban J connectivity index is 1.53.